The van der Waals surface area contributed by atoms with Gasteiger partial charge in [0.15, 0.2) is 11.4 Å². The molecule has 1 aromatic carbocycles. The molecule has 0 saturated heterocycles. The van der Waals surface area contributed by atoms with Gasteiger partial charge in [0.25, 0.3) is 0 Å². The van der Waals surface area contributed by atoms with Gasteiger partial charge in [-0.1, -0.05) is 25.1 Å². The van der Waals surface area contributed by atoms with Crippen molar-refractivity contribution in [1.82, 2.24) is 10.1 Å². The molecule has 0 aliphatic carbocycles. The molecule has 3 N–H and O–H groups in total. The summed E-state index contributed by atoms with van der Waals surface area (Å²) in [5.74, 6) is -0.460. The number of hydrogen-bond donors (Lipinski definition) is 2. The Kier molecular flexibility index (Phi) is 4.44. The Morgan fingerprint density at radius 3 is 2.67 bits per heavy atom. The normalized spacial score (nSPS) is 11.0. The minimum absolute atomic E-state index is 0.349. The summed E-state index contributed by atoms with van der Waals surface area (Å²) < 4.78 is 6.78. The van der Waals surface area contributed by atoms with E-state index in [1.54, 1.807) is 0 Å². The number of aryl methyl sites for hydroxylation is 1. The monoisotopic (exact) mass is 343 g/mol. The molecular formula is C17H19N4O2S+. The molecule has 7 heteroatoms. The number of aromatic nitrogens is 3. The molecule has 0 fully saturated rings. The molecule has 0 saturated carbocycles. The fraction of sp³-hybridized carbons (Fsp3) is 0.235. The first-order chi connectivity index (χ1) is 11.6. The van der Waals surface area contributed by atoms with Crippen LogP contribution in [-0.4, -0.2) is 29.4 Å². The van der Waals surface area contributed by atoms with Gasteiger partial charge in [-0.2, -0.15) is 0 Å². The molecule has 2 aromatic heterocycles. The molecule has 0 atom stereocenters. The van der Waals surface area contributed by atoms with Crippen LogP contribution in [0.4, 0.5) is 5.69 Å². The number of nitrogen functional groups attached to an aromatic ring is 1. The van der Waals surface area contributed by atoms with Crippen molar-refractivity contribution in [2.45, 2.75) is 18.4 Å². The quantitative estimate of drug-likeness (QED) is 0.432. The summed E-state index contributed by atoms with van der Waals surface area (Å²) in [4.78, 5) is 16.9. The number of nitrogens with one attached hydrogen (secondary N) is 1. The first-order valence-corrected chi connectivity index (χ1v) is 8.78. The van der Waals surface area contributed by atoms with E-state index in [9.17, 15) is 4.79 Å². The van der Waals surface area contributed by atoms with Crippen molar-refractivity contribution in [3.63, 3.8) is 0 Å². The minimum atomic E-state index is -0.460. The number of carbonyl (C=O) groups excluding carboxylic acids is 1. The average Bonchev–Trinajstić information content (AvgIpc) is 3.00. The van der Waals surface area contributed by atoms with Crippen LogP contribution in [0.1, 0.15) is 23.0 Å². The Morgan fingerprint density at radius 1 is 1.38 bits per heavy atom. The number of para-hydroxylation sites is 1. The highest BCUT2D eigenvalue weighted by molar-refractivity contribution is 7.98. The molecule has 0 spiro atoms. The maximum Gasteiger partial charge on any atom is 0.359 e. The standard InChI is InChI=1S/C17H18N4O2S/c1-4-11-12(17(22)23-2)14(18)13-15(19-11)21(20-16(13)24-3)10-8-6-5-7-9-10/h5-9H,4H2,1-3H3,(H2,18,19,20,22)/p+1. The first kappa shape index (κ1) is 16.3. The number of fused-ring (bicyclic) bond motifs is 1. The number of aromatic amines is 1. The van der Waals surface area contributed by atoms with Crippen LogP contribution in [0.5, 0.6) is 0 Å². The lowest BCUT2D eigenvalue weighted by molar-refractivity contribution is -0.634. The average molecular weight is 343 g/mol. The van der Waals surface area contributed by atoms with Crippen LogP contribution >= 0.6 is 11.8 Å². The minimum Gasteiger partial charge on any atom is -0.465 e. The number of esters is 1. The van der Waals surface area contributed by atoms with E-state index in [1.165, 1.54) is 18.9 Å². The van der Waals surface area contributed by atoms with Crippen LogP contribution < -0.4 is 10.4 Å². The second kappa shape index (κ2) is 6.52. The summed E-state index contributed by atoms with van der Waals surface area (Å²) in [6.45, 7) is 1.94. The third kappa shape index (κ3) is 2.50. The molecule has 3 aromatic rings. The van der Waals surface area contributed by atoms with Crippen LogP contribution in [0, 0.1) is 0 Å². The summed E-state index contributed by atoms with van der Waals surface area (Å²) in [5, 5.41) is 4.91. The fourth-order valence-electron chi connectivity index (χ4n) is 2.73. The van der Waals surface area contributed by atoms with Gasteiger partial charge in [0.05, 0.1) is 12.8 Å². The molecule has 6 nitrogen and oxygen atoms in total. The number of pyridine rings is 1. The highest BCUT2D eigenvalue weighted by Crippen LogP contribution is 2.32. The smallest absolute Gasteiger partial charge is 0.359 e. The molecule has 0 unspecified atom stereocenters. The number of rotatable bonds is 4. The number of ether oxygens (including phenoxy) is 1. The van der Waals surface area contributed by atoms with Crippen LogP contribution in [0.2, 0.25) is 0 Å². The number of nitrogens with zero attached hydrogens (tertiary/aromatic N) is 2. The van der Waals surface area contributed by atoms with Crippen molar-refractivity contribution in [3.05, 3.63) is 41.6 Å². The maximum atomic E-state index is 12.2. The molecule has 0 aliphatic heterocycles. The zero-order chi connectivity index (χ0) is 17.3. The third-order valence-electron chi connectivity index (χ3n) is 3.89. The number of thioether (sulfide) groups is 1. The lowest BCUT2D eigenvalue weighted by atomic mass is 10.1. The fourth-order valence-corrected chi connectivity index (χ4v) is 3.32. The van der Waals surface area contributed by atoms with Crippen LogP contribution in [0.3, 0.4) is 0 Å². The molecular weight excluding hydrogens is 324 g/mol. The van der Waals surface area contributed by atoms with E-state index in [4.69, 9.17) is 15.5 Å². The molecule has 0 radical (unpaired) electrons. The predicted octanol–water partition coefficient (Wildman–Crippen LogP) is 2.49. The Balaban J connectivity index is 2.39. The first-order valence-electron chi connectivity index (χ1n) is 7.56. The molecule has 3 rings (SSSR count). The number of hydrogen-bond acceptors (Lipinski definition) is 5. The molecule has 0 amide bonds. The lowest BCUT2D eigenvalue weighted by Gasteiger charge is -2.05. The molecule has 24 heavy (non-hydrogen) atoms. The number of carbonyl (C=O) groups is 1. The van der Waals surface area contributed by atoms with E-state index < -0.39 is 5.97 Å². The van der Waals surface area contributed by atoms with E-state index in [2.05, 4.69) is 5.10 Å². The van der Waals surface area contributed by atoms with E-state index >= 15 is 0 Å². The maximum absolute atomic E-state index is 12.2. The van der Waals surface area contributed by atoms with Crippen molar-refractivity contribution in [3.8, 4) is 5.69 Å². The van der Waals surface area contributed by atoms with Crippen LogP contribution in [0.15, 0.2) is 35.4 Å². The number of nitrogens with two attached hydrogens (primary N) is 1. The summed E-state index contributed by atoms with van der Waals surface area (Å²) in [6.07, 6.45) is 2.53. The van der Waals surface area contributed by atoms with Gasteiger partial charge in [-0.05, 0) is 23.4 Å². The van der Waals surface area contributed by atoms with Gasteiger partial charge in [0.1, 0.15) is 16.0 Å². The molecule has 124 valence electrons. The van der Waals surface area contributed by atoms with E-state index in [-0.39, 0.29) is 0 Å². The topological polar surface area (TPSA) is 84.9 Å². The number of methoxy groups -OCH3 is 1. The summed E-state index contributed by atoms with van der Waals surface area (Å²) >= 11 is 1.52. The SMILES string of the molecule is CCc1nc2c(c(SC)[nH][n+]2-c2ccccc2)c(N)c1C(=O)OC. The highest BCUT2D eigenvalue weighted by Gasteiger charge is 2.30. The van der Waals surface area contributed by atoms with Crippen molar-refractivity contribution in [2.75, 3.05) is 19.1 Å². The number of benzene rings is 1. The van der Waals surface area contributed by atoms with E-state index in [0.717, 1.165) is 16.1 Å². The summed E-state index contributed by atoms with van der Waals surface area (Å²) in [6, 6.07) is 9.84. The molecule has 0 aliphatic rings. The second-order valence-corrected chi connectivity index (χ2v) is 6.02. The zero-order valence-electron chi connectivity index (χ0n) is 13.8. The number of H-pyrrole nitrogens is 1. The van der Waals surface area contributed by atoms with E-state index in [0.29, 0.717) is 29.0 Å². The molecule has 0 bridgehead atoms. The Labute approximate surface area is 144 Å². The van der Waals surface area contributed by atoms with Crippen molar-refractivity contribution < 1.29 is 14.2 Å². The summed E-state index contributed by atoms with van der Waals surface area (Å²) in [5.41, 5.74) is 9.38. The lowest BCUT2D eigenvalue weighted by Crippen LogP contribution is -2.34. The Hall–Kier alpha value is -2.54. The van der Waals surface area contributed by atoms with Crippen LogP contribution in [-0.2, 0) is 11.2 Å². The van der Waals surface area contributed by atoms with Gasteiger partial charge >= 0.3 is 11.6 Å². The predicted molar refractivity (Wildman–Crippen MR) is 94.5 cm³/mol. The largest absolute Gasteiger partial charge is 0.465 e. The zero-order valence-corrected chi connectivity index (χ0v) is 14.6. The van der Waals surface area contributed by atoms with Gasteiger partial charge in [-0.25, -0.2) is 9.89 Å². The number of anilines is 1. The Bertz CT molecular complexity index is 906. The molecule has 2 heterocycles. The van der Waals surface area contributed by atoms with Crippen molar-refractivity contribution >= 4 is 34.5 Å². The third-order valence-corrected chi connectivity index (χ3v) is 4.59. The summed E-state index contributed by atoms with van der Waals surface area (Å²) in [7, 11) is 1.35. The highest BCUT2D eigenvalue weighted by atomic mass is 32.2. The van der Waals surface area contributed by atoms with Gasteiger partial charge in [-0.15, -0.1) is 16.4 Å². The Morgan fingerprint density at radius 2 is 2.08 bits per heavy atom. The van der Waals surface area contributed by atoms with Crippen molar-refractivity contribution in [2.24, 2.45) is 0 Å². The van der Waals surface area contributed by atoms with Crippen molar-refractivity contribution in [1.29, 1.82) is 0 Å². The van der Waals surface area contributed by atoms with Gasteiger partial charge in [0, 0.05) is 6.42 Å². The van der Waals surface area contributed by atoms with E-state index in [1.807, 2.05) is 48.2 Å². The van der Waals surface area contributed by atoms with Gasteiger partial charge < -0.3 is 10.5 Å². The van der Waals surface area contributed by atoms with Crippen LogP contribution in [0.25, 0.3) is 16.7 Å². The van der Waals surface area contributed by atoms with Gasteiger partial charge in [0.2, 0.25) is 0 Å². The second-order valence-electron chi connectivity index (χ2n) is 5.21. The van der Waals surface area contributed by atoms with Gasteiger partial charge in [-0.3, -0.25) is 0 Å².